The molecule has 1 saturated heterocycles. The lowest BCUT2D eigenvalue weighted by atomic mass is 10.1. The van der Waals surface area contributed by atoms with Gasteiger partial charge in [0.25, 0.3) is 11.6 Å². The van der Waals surface area contributed by atoms with Gasteiger partial charge in [0.05, 0.1) is 21.2 Å². The minimum Gasteiger partial charge on any atom is -0.488 e. The Morgan fingerprint density at radius 1 is 0.929 bits per heavy atom. The van der Waals surface area contributed by atoms with E-state index >= 15 is 0 Å². The van der Waals surface area contributed by atoms with Gasteiger partial charge in [0.1, 0.15) is 12.4 Å². The number of nitrogens with zero attached hydrogens (tertiary/aromatic N) is 3. The fourth-order valence-corrected chi connectivity index (χ4v) is 5.77. The Morgan fingerprint density at radius 3 is 2.29 bits per heavy atom. The van der Waals surface area contributed by atoms with Crippen molar-refractivity contribution >= 4 is 61.9 Å². The number of amidine groups is 1. The Balaban J connectivity index is 1.49. The van der Waals surface area contributed by atoms with Gasteiger partial charge in [-0.1, -0.05) is 66.2 Å². The third kappa shape index (κ3) is 6.80. The number of nitro benzene ring substituents is 1. The number of hydrogen-bond acceptors (Lipinski definition) is 6. The molecule has 0 radical (unpaired) electrons. The second-order valence-electron chi connectivity index (χ2n) is 9.58. The molecule has 5 rings (SSSR count). The standard InChI is InChI=1S/C33H28BrN3O4S/c1-3-22-8-13-27(14-9-22)35-33-36(28-15-10-23(4-2)11-16-28)32(38)31(42-33)20-25-19-26(34)12-17-30(25)41-21-24-6-5-7-29(18-24)37(39)40/h5-20H,3-4,21H2,1-2H3/b31-20-,35-33?. The van der Waals surface area contributed by atoms with Crippen LogP contribution in [0.15, 0.2) is 105 Å². The molecule has 0 N–H and O–H groups in total. The van der Waals surface area contributed by atoms with Crippen LogP contribution in [0.3, 0.4) is 0 Å². The van der Waals surface area contributed by atoms with Crippen LogP contribution in [-0.2, 0) is 24.2 Å². The van der Waals surface area contributed by atoms with Crippen molar-refractivity contribution in [3.05, 3.63) is 133 Å². The predicted molar refractivity (Wildman–Crippen MR) is 173 cm³/mol. The van der Waals surface area contributed by atoms with Crippen molar-refractivity contribution < 1.29 is 14.5 Å². The summed E-state index contributed by atoms with van der Waals surface area (Å²) < 4.78 is 6.91. The van der Waals surface area contributed by atoms with Gasteiger partial charge in [0.15, 0.2) is 5.17 Å². The number of carbonyl (C=O) groups is 1. The van der Waals surface area contributed by atoms with Gasteiger partial charge in [-0.2, -0.15) is 0 Å². The van der Waals surface area contributed by atoms with Crippen molar-refractivity contribution in [1.82, 2.24) is 0 Å². The Labute approximate surface area is 257 Å². The summed E-state index contributed by atoms with van der Waals surface area (Å²) in [6.45, 7) is 4.34. The number of non-ortho nitro benzene ring substituents is 1. The normalized spacial score (nSPS) is 15.0. The highest BCUT2D eigenvalue weighted by Gasteiger charge is 2.35. The van der Waals surface area contributed by atoms with Crippen LogP contribution >= 0.6 is 27.7 Å². The molecule has 4 aromatic carbocycles. The molecule has 9 heteroatoms. The molecule has 0 spiro atoms. The van der Waals surface area contributed by atoms with E-state index in [9.17, 15) is 14.9 Å². The summed E-state index contributed by atoms with van der Waals surface area (Å²) in [4.78, 5) is 31.6. The smallest absolute Gasteiger partial charge is 0.271 e. The molecule has 1 aliphatic rings. The van der Waals surface area contributed by atoms with Crippen molar-refractivity contribution in [2.24, 2.45) is 4.99 Å². The van der Waals surface area contributed by atoms with Gasteiger partial charge in [-0.15, -0.1) is 0 Å². The topological polar surface area (TPSA) is 85.0 Å². The van der Waals surface area contributed by atoms with Crippen LogP contribution in [-0.4, -0.2) is 16.0 Å². The van der Waals surface area contributed by atoms with Crippen LogP contribution in [0.5, 0.6) is 5.75 Å². The number of thioether (sulfide) groups is 1. The predicted octanol–water partition coefficient (Wildman–Crippen LogP) is 8.87. The van der Waals surface area contributed by atoms with E-state index in [0.29, 0.717) is 26.9 Å². The molecule has 0 aliphatic carbocycles. The zero-order valence-corrected chi connectivity index (χ0v) is 25.5. The van der Waals surface area contributed by atoms with E-state index < -0.39 is 4.92 Å². The minimum atomic E-state index is -0.430. The van der Waals surface area contributed by atoms with E-state index in [1.807, 2.05) is 66.7 Å². The van der Waals surface area contributed by atoms with E-state index in [2.05, 4.69) is 29.8 Å². The first-order valence-electron chi connectivity index (χ1n) is 13.5. The lowest BCUT2D eigenvalue weighted by Crippen LogP contribution is -2.28. The summed E-state index contributed by atoms with van der Waals surface area (Å²) >= 11 is 4.83. The molecule has 4 aromatic rings. The fraction of sp³-hybridized carbons (Fsp3) is 0.152. The monoisotopic (exact) mass is 641 g/mol. The third-order valence-corrected chi connectivity index (χ3v) is 8.21. The summed E-state index contributed by atoms with van der Waals surface area (Å²) in [5.74, 6) is 0.364. The number of amides is 1. The summed E-state index contributed by atoms with van der Waals surface area (Å²) in [5.41, 5.74) is 5.28. The summed E-state index contributed by atoms with van der Waals surface area (Å²) in [6.07, 6.45) is 3.64. The zero-order chi connectivity index (χ0) is 29.6. The van der Waals surface area contributed by atoms with Gasteiger partial charge in [-0.3, -0.25) is 19.8 Å². The van der Waals surface area contributed by atoms with Crippen LogP contribution in [0.4, 0.5) is 17.1 Å². The van der Waals surface area contributed by atoms with Crippen molar-refractivity contribution in [2.75, 3.05) is 4.90 Å². The van der Waals surface area contributed by atoms with Crippen LogP contribution in [0.1, 0.15) is 36.1 Å². The lowest BCUT2D eigenvalue weighted by molar-refractivity contribution is -0.384. The highest BCUT2D eigenvalue weighted by atomic mass is 79.9. The van der Waals surface area contributed by atoms with Crippen LogP contribution in [0.25, 0.3) is 6.08 Å². The summed E-state index contributed by atoms with van der Waals surface area (Å²) in [5, 5.41) is 11.7. The maximum Gasteiger partial charge on any atom is 0.271 e. The average Bonchev–Trinajstić information content (AvgIpc) is 3.31. The Morgan fingerprint density at radius 2 is 1.62 bits per heavy atom. The number of aryl methyl sites for hydroxylation is 2. The quantitative estimate of drug-likeness (QED) is 0.103. The fourth-order valence-electron chi connectivity index (χ4n) is 4.40. The van der Waals surface area contributed by atoms with E-state index in [1.165, 1.54) is 35.0 Å². The number of halogens is 1. The Kier molecular flexibility index (Phi) is 9.19. The maximum absolute atomic E-state index is 13.9. The molecule has 0 unspecified atom stereocenters. The first kappa shape index (κ1) is 29.3. The number of carbonyl (C=O) groups excluding carboxylic acids is 1. The molecule has 1 aliphatic heterocycles. The molecule has 0 saturated carbocycles. The SMILES string of the molecule is CCc1ccc(N=C2S/C(=C\c3cc(Br)ccc3OCc3cccc([N+](=O)[O-])c3)C(=O)N2c2ccc(CC)cc2)cc1. The average molecular weight is 643 g/mol. The highest BCUT2D eigenvalue weighted by molar-refractivity contribution is 9.10. The first-order chi connectivity index (χ1) is 20.3. The zero-order valence-electron chi connectivity index (χ0n) is 23.1. The van der Waals surface area contributed by atoms with Crippen LogP contribution < -0.4 is 9.64 Å². The van der Waals surface area contributed by atoms with Gasteiger partial charge >= 0.3 is 0 Å². The van der Waals surface area contributed by atoms with Crippen LogP contribution in [0, 0.1) is 10.1 Å². The van der Waals surface area contributed by atoms with Gasteiger partial charge in [0.2, 0.25) is 0 Å². The van der Waals surface area contributed by atoms with Gasteiger partial charge in [-0.25, -0.2) is 4.99 Å². The molecular formula is C33H28BrN3O4S. The molecule has 0 aromatic heterocycles. The van der Waals surface area contributed by atoms with Crippen LogP contribution in [0.2, 0.25) is 0 Å². The molecule has 0 atom stereocenters. The molecule has 7 nitrogen and oxygen atoms in total. The molecular weight excluding hydrogens is 614 g/mol. The second-order valence-corrected chi connectivity index (χ2v) is 11.5. The molecule has 1 heterocycles. The Bertz CT molecular complexity index is 1680. The largest absolute Gasteiger partial charge is 0.488 e. The number of hydrogen-bond donors (Lipinski definition) is 0. The van der Waals surface area contributed by atoms with E-state index in [-0.39, 0.29) is 18.2 Å². The molecule has 0 bridgehead atoms. The summed E-state index contributed by atoms with van der Waals surface area (Å²) in [7, 11) is 0. The van der Waals surface area contributed by atoms with E-state index in [1.54, 1.807) is 23.1 Å². The van der Waals surface area contributed by atoms with Gasteiger partial charge in [0, 0.05) is 22.2 Å². The molecule has 42 heavy (non-hydrogen) atoms. The number of aliphatic imine (C=N–C) groups is 1. The number of anilines is 1. The van der Waals surface area contributed by atoms with Crippen molar-refractivity contribution in [1.29, 1.82) is 0 Å². The second kappa shape index (κ2) is 13.2. The van der Waals surface area contributed by atoms with Gasteiger partial charge < -0.3 is 4.74 Å². The van der Waals surface area contributed by atoms with E-state index in [0.717, 1.165) is 28.7 Å². The molecule has 212 valence electrons. The lowest BCUT2D eigenvalue weighted by Gasteiger charge is -2.16. The van der Waals surface area contributed by atoms with Crippen molar-refractivity contribution in [3.63, 3.8) is 0 Å². The van der Waals surface area contributed by atoms with Gasteiger partial charge in [-0.05, 0) is 89.8 Å². The number of ether oxygens (including phenoxy) is 1. The van der Waals surface area contributed by atoms with Crippen molar-refractivity contribution in [2.45, 2.75) is 33.3 Å². The summed E-state index contributed by atoms with van der Waals surface area (Å²) in [6, 6.07) is 27.8. The van der Waals surface area contributed by atoms with E-state index in [4.69, 9.17) is 9.73 Å². The maximum atomic E-state index is 13.9. The third-order valence-electron chi connectivity index (χ3n) is 6.75. The number of rotatable bonds is 9. The number of nitro groups is 1. The molecule has 1 amide bonds. The number of benzene rings is 4. The highest BCUT2D eigenvalue weighted by Crippen LogP contribution is 2.39. The van der Waals surface area contributed by atoms with Crippen molar-refractivity contribution in [3.8, 4) is 5.75 Å². The Hall–Kier alpha value is -4.21. The minimum absolute atomic E-state index is 0.00501. The first-order valence-corrected chi connectivity index (χ1v) is 15.1. The molecule has 1 fully saturated rings.